The molecule has 1 rings (SSSR count). The second-order valence-corrected chi connectivity index (χ2v) is 2.15. The van der Waals surface area contributed by atoms with Gasteiger partial charge in [-0.3, -0.25) is 0 Å². The van der Waals surface area contributed by atoms with Crippen LogP contribution in [-0.2, 0) is 4.79 Å². The Morgan fingerprint density at radius 3 is 2.83 bits per heavy atom. The summed E-state index contributed by atoms with van der Waals surface area (Å²) in [6, 6.07) is 3.74. The molecule has 1 N–H and O–H groups in total. The maximum Gasteiger partial charge on any atom is 0.181 e. The van der Waals surface area contributed by atoms with Crippen LogP contribution in [0, 0.1) is 11.6 Å². The van der Waals surface area contributed by atoms with Crippen molar-refractivity contribution in [3.8, 4) is 0 Å². The van der Waals surface area contributed by atoms with E-state index in [1.165, 1.54) is 12.1 Å². The zero-order valence-corrected chi connectivity index (χ0v) is 6.18. The Labute approximate surface area is 68.2 Å². The van der Waals surface area contributed by atoms with Crippen LogP contribution in [0.15, 0.2) is 18.2 Å². The van der Waals surface area contributed by atoms with Crippen LogP contribution >= 0.6 is 0 Å². The SMILES string of the molecule is O=CCNc1cccc(F)c1F. The van der Waals surface area contributed by atoms with E-state index in [9.17, 15) is 13.6 Å². The number of carbonyl (C=O) groups is 1. The maximum atomic E-state index is 12.8. The fourth-order valence-electron chi connectivity index (χ4n) is 0.792. The van der Waals surface area contributed by atoms with Crippen molar-refractivity contribution in [1.29, 1.82) is 0 Å². The topological polar surface area (TPSA) is 29.1 Å². The van der Waals surface area contributed by atoms with Gasteiger partial charge in [0, 0.05) is 0 Å². The molecule has 0 saturated heterocycles. The predicted octanol–water partition coefficient (Wildman–Crippen LogP) is 1.58. The van der Waals surface area contributed by atoms with Crippen molar-refractivity contribution in [2.24, 2.45) is 0 Å². The number of rotatable bonds is 3. The van der Waals surface area contributed by atoms with E-state index < -0.39 is 11.6 Å². The van der Waals surface area contributed by atoms with Crippen molar-refractivity contribution in [1.82, 2.24) is 0 Å². The minimum absolute atomic E-state index is 0.00194. The fourth-order valence-corrected chi connectivity index (χ4v) is 0.792. The Bertz CT molecular complexity index is 288. The Balaban J connectivity index is 2.84. The molecule has 0 spiro atoms. The first-order chi connectivity index (χ1) is 5.75. The van der Waals surface area contributed by atoms with E-state index in [-0.39, 0.29) is 12.2 Å². The van der Waals surface area contributed by atoms with E-state index >= 15 is 0 Å². The largest absolute Gasteiger partial charge is 0.376 e. The molecule has 12 heavy (non-hydrogen) atoms. The number of hydrogen-bond donors (Lipinski definition) is 1. The van der Waals surface area contributed by atoms with Gasteiger partial charge in [-0.2, -0.15) is 0 Å². The Morgan fingerprint density at radius 1 is 1.42 bits per heavy atom. The molecule has 2 nitrogen and oxygen atoms in total. The van der Waals surface area contributed by atoms with Crippen LogP contribution in [0.4, 0.5) is 14.5 Å². The molecule has 64 valence electrons. The van der Waals surface area contributed by atoms with Gasteiger partial charge in [0.25, 0.3) is 0 Å². The van der Waals surface area contributed by atoms with Gasteiger partial charge in [-0.15, -0.1) is 0 Å². The lowest BCUT2D eigenvalue weighted by atomic mass is 10.3. The normalized spacial score (nSPS) is 9.50. The monoisotopic (exact) mass is 171 g/mol. The van der Waals surface area contributed by atoms with Gasteiger partial charge in [0.1, 0.15) is 6.29 Å². The lowest BCUT2D eigenvalue weighted by molar-refractivity contribution is -0.106. The number of aldehydes is 1. The van der Waals surface area contributed by atoms with Gasteiger partial charge in [-0.25, -0.2) is 8.78 Å². The number of benzene rings is 1. The molecule has 0 aromatic heterocycles. The summed E-state index contributed by atoms with van der Waals surface area (Å²) in [5.74, 6) is -1.88. The molecule has 0 amide bonds. The van der Waals surface area contributed by atoms with Gasteiger partial charge >= 0.3 is 0 Å². The standard InChI is InChI=1S/C8H7F2NO/c9-6-2-1-3-7(8(6)10)11-4-5-12/h1-3,5,11H,4H2. The van der Waals surface area contributed by atoms with Gasteiger partial charge in [0.05, 0.1) is 12.2 Å². The zero-order chi connectivity index (χ0) is 8.97. The second kappa shape index (κ2) is 3.80. The molecular formula is C8H7F2NO. The van der Waals surface area contributed by atoms with E-state index in [1.54, 1.807) is 0 Å². The highest BCUT2D eigenvalue weighted by Gasteiger charge is 2.05. The number of nitrogens with one attached hydrogen (secondary N) is 1. The van der Waals surface area contributed by atoms with E-state index in [2.05, 4.69) is 5.32 Å². The maximum absolute atomic E-state index is 12.8. The van der Waals surface area contributed by atoms with Crippen molar-refractivity contribution in [3.63, 3.8) is 0 Å². The van der Waals surface area contributed by atoms with Crippen molar-refractivity contribution in [2.45, 2.75) is 0 Å². The molecule has 0 bridgehead atoms. The molecule has 0 atom stereocenters. The smallest absolute Gasteiger partial charge is 0.181 e. The molecule has 1 aromatic rings. The summed E-state index contributed by atoms with van der Waals surface area (Å²) in [5, 5.41) is 2.42. The van der Waals surface area contributed by atoms with Crippen molar-refractivity contribution in [2.75, 3.05) is 11.9 Å². The summed E-state index contributed by atoms with van der Waals surface area (Å²) in [5.41, 5.74) is 0.00194. The lowest BCUT2D eigenvalue weighted by Gasteiger charge is -2.03. The zero-order valence-electron chi connectivity index (χ0n) is 6.18. The quantitative estimate of drug-likeness (QED) is 0.699. The molecule has 0 fully saturated rings. The van der Waals surface area contributed by atoms with Crippen LogP contribution in [0.2, 0.25) is 0 Å². The van der Waals surface area contributed by atoms with Gasteiger partial charge in [0.15, 0.2) is 11.6 Å². The summed E-state index contributed by atoms with van der Waals surface area (Å²) in [4.78, 5) is 9.90. The number of hydrogen-bond acceptors (Lipinski definition) is 2. The second-order valence-electron chi connectivity index (χ2n) is 2.15. The van der Waals surface area contributed by atoms with Gasteiger partial charge < -0.3 is 10.1 Å². The molecule has 0 saturated carbocycles. The molecule has 0 aliphatic carbocycles. The highest BCUT2D eigenvalue weighted by Crippen LogP contribution is 2.15. The molecule has 0 aliphatic heterocycles. The van der Waals surface area contributed by atoms with E-state index in [1.807, 2.05) is 0 Å². The minimum atomic E-state index is -0.959. The Morgan fingerprint density at radius 2 is 2.17 bits per heavy atom. The van der Waals surface area contributed by atoms with Crippen LogP contribution < -0.4 is 5.32 Å². The van der Waals surface area contributed by atoms with E-state index in [4.69, 9.17) is 0 Å². The van der Waals surface area contributed by atoms with Crippen LogP contribution in [0.1, 0.15) is 0 Å². The first-order valence-corrected chi connectivity index (χ1v) is 3.37. The third-order valence-electron chi connectivity index (χ3n) is 1.33. The average Bonchev–Trinajstić information content (AvgIpc) is 2.08. The third-order valence-corrected chi connectivity index (χ3v) is 1.33. The van der Waals surface area contributed by atoms with E-state index in [0.29, 0.717) is 6.29 Å². The van der Waals surface area contributed by atoms with Gasteiger partial charge in [-0.1, -0.05) is 6.07 Å². The van der Waals surface area contributed by atoms with Crippen LogP contribution in [-0.4, -0.2) is 12.8 Å². The third kappa shape index (κ3) is 1.78. The summed E-state index contributed by atoms with van der Waals surface area (Å²) < 4.78 is 25.3. The highest BCUT2D eigenvalue weighted by atomic mass is 19.2. The summed E-state index contributed by atoms with van der Waals surface area (Å²) >= 11 is 0. The van der Waals surface area contributed by atoms with Crippen LogP contribution in [0.5, 0.6) is 0 Å². The first-order valence-electron chi connectivity index (χ1n) is 3.37. The lowest BCUT2D eigenvalue weighted by Crippen LogP contribution is -2.04. The van der Waals surface area contributed by atoms with Crippen LogP contribution in [0.3, 0.4) is 0 Å². The molecule has 0 radical (unpaired) electrons. The van der Waals surface area contributed by atoms with E-state index in [0.717, 1.165) is 6.07 Å². The number of anilines is 1. The molecule has 1 aromatic carbocycles. The summed E-state index contributed by atoms with van der Waals surface area (Å²) in [6.07, 6.45) is 0.574. The van der Waals surface area contributed by atoms with Crippen molar-refractivity contribution in [3.05, 3.63) is 29.8 Å². The molecule has 4 heteroatoms. The fraction of sp³-hybridized carbons (Fsp3) is 0.125. The summed E-state index contributed by atoms with van der Waals surface area (Å²) in [7, 11) is 0. The number of carbonyl (C=O) groups excluding carboxylic acids is 1. The number of halogens is 2. The minimum Gasteiger partial charge on any atom is -0.376 e. The van der Waals surface area contributed by atoms with Gasteiger partial charge in [0.2, 0.25) is 0 Å². The van der Waals surface area contributed by atoms with Gasteiger partial charge in [-0.05, 0) is 12.1 Å². The summed E-state index contributed by atoms with van der Waals surface area (Å²) in [6.45, 7) is -0.0274. The average molecular weight is 171 g/mol. The molecule has 0 aliphatic rings. The molecule has 0 heterocycles. The van der Waals surface area contributed by atoms with Crippen molar-refractivity contribution < 1.29 is 13.6 Å². The van der Waals surface area contributed by atoms with Crippen LogP contribution in [0.25, 0.3) is 0 Å². The van der Waals surface area contributed by atoms with Crippen molar-refractivity contribution >= 4 is 12.0 Å². The Hall–Kier alpha value is -1.45. The first kappa shape index (κ1) is 8.64. The molecule has 0 unspecified atom stereocenters. The molecular weight excluding hydrogens is 164 g/mol. The predicted molar refractivity (Wildman–Crippen MR) is 40.9 cm³/mol. The highest BCUT2D eigenvalue weighted by molar-refractivity contribution is 5.59. The Kier molecular flexibility index (Phi) is 2.74.